The molecule has 0 atom stereocenters. The molecule has 0 saturated heterocycles. The van der Waals surface area contributed by atoms with Crippen molar-refractivity contribution in [2.45, 2.75) is 39.0 Å². The Labute approximate surface area is 186 Å². The molecule has 0 saturated carbocycles. The summed E-state index contributed by atoms with van der Waals surface area (Å²) in [6, 6.07) is 13.9. The fraction of sp³-hybridized carbons (Fsp3) is 0.250. The maximum Gasteiger partial charge on any atom is 0.270 e. The number of hydrogen-bond donors (Lipinski definition) is 1. The molecule has 0 bridgehead atoms. The van der Waals surface area contributed by atoms with Gasteiger partial charge in [0.2, 0.25) is 5.89 Å². The van der Waals surface area contributed by atoms with E-state index in [1.54, 1.807) is 18.5 Å². The Morgan fingerprint density at radius 3 is 2.41 bits per heavy atom. The van der Waals surface area contributed by atoms with Crippen LogP contribution in [-0.2, 0) is 5.41 Å². The fourth-order valence-electron chi connectivity index (χ4n) is 3.13. The maximum absolute atomic E-state index is 9.41. The molecule has 0 aliphatic carbocycles. The minimum Gasteiger partial charge on any atom is -0.414 e. The Hall–Kier alpha value is -4.12. The van der Waals surface area contributed by atoms with E-state index >= 15 is 0 Å². The monoisotopic (exact) mass is 425 g/mol. The summed E-state index contributed by atoms with van der Waals surface area (Å²) in [5.41, 5.74) is 9.65. The zero-order valence-corrected chi connectivity index (χ0v) is 18.4. The van der Waals surface area contributed by atoms with Crippen LogP contribution < -0.4 is 5.73 Å². The van der Waals surface area contributed by atoms with Gasteiger partial charge in [0, 0.05) is 17.3 Å². The molecule has 0 aliphatic rings. The first-order valence-electron chi connectivity index (χ1n) is 10.2. The van der Waals surface area contributed by atoms with Gasteiger partial charge < -0.3 is 10.2 Å². The number of anilines is 1. The van der Waals surface area contributed by atoms with E-state index < -0.39 is 5.41 Å². The normalized spacial score (nSPS) is 11.5. The number of nitrogens with zero attached hydrogens (tertiary/aromatic N) is 6. The Morgan fingerprint density at radius 2 is 1.72 bits per heavy atom. The molecule has 3 aromatic heterocycles. The third-order valence-electron chi connectivity index (χ3n) is 5.23. The molecular weight excluding hydrogens is 402 g/mol. The highest BCUT2D eigenvalue weighted by Gasteiger charge is 2.23. The van der Waals surface area contributed by atoms with Crippen LogP contribution in [0.5, 0.6) is 0 Å². The van der Waals surface area contributed by atoms with Crippen molar-refractivity contribution < 1.29 is 4.42 Å². The number of aromatic nitrogens is 5. The lowest BCUT2D eigenvalue weighted by molar-refractivity contribution is 0.582. The second kappa shape index (κ2) is 8.19. The zero-order chi connectivity index (χ0) is 22.9. The molecule has 4 rings (SSSR count). The summed E-state index contributed by atoms with van der Waals surface area (Å²) in [7, 11) is 0. The van der Waals surface area contributed by atoms with Gasteiger partial charge in [-0.3, -0.25) is 4.98 Å². The summed E-state index contributed by atoms with van der Waals surface area (Å²) in [5.74, 6) is 1.19. The second-order valence-corrected chi connectivity index (χ2v) is 8.34. The summed E-state index contributed by atoms with van der Waals surface area (Å²) in [6.07, 6.45) is 3.21. The van der Waals surface area contributed by atoms with E-state index in [1.165, 1.54) is 5.56 Å². The van der Waals surface area contributed by atoms with Crippen molar-refractivity contribution in [3.05, 3.63) is 60.0 Å². The molecule has 2 N–H and O–H groups in total. The smallest absolute Gasteiger partial charge is 0.270 e. The number of nitrogen functional groups attached to an aromatic ring is 1. The summed E-state index contributed by atoms with van der Waals surface area (Å²) < 4.78 is 5.86. The van der Waals surface area contributed by atoms with Gasteiger partial charge in [0.05, 0.1) is 29.1 Å². The van der Waals surface area contributed by atoms with Gasteiger partial charge in [-0.2, -0.15) is 5.26 Å². The van der Waals surface area contributed by atoms with E-state index in [9.17, 15) is 5.26 Å². The van der Waals surface area contributed by atoms with Crippen LogP contribution in [0.3, 0.4) is 0 Å². The summed E-state index contributed by atoms with van der Waals surface area (Å²) in [5, 5.41) is 17.7. The van der Waals surface area contributed by atoms with Crippen LogP contribution in [0.4, 0.5) is 5.82 Å². The summed E-state index contributed by atoms with van der Waals surface area (Å²) in [4.78, 5) is 13.2. The van der Waals surface area contributed by atoms with Crippen molar-refractivity contribution in [1.29, 1.82) is 5.26 Å². The molecule has 0 spiro atoms. The van der Waals surface area contributed by atoms with Crippen LogP contribution in [0.25, 0.3) is 34.3 Å². The quantitative estimate of drug-likeness (QED) is 0.484. The third-order valence-corrected chi connectivity index (χ3v) is 5.23. The molecule has 0 amide bonds. The third kappa shape index (κ3) is 4.05. The van der Waals surface area contributed by atoms with Gasteiger partial charge in [-0.1, -0.05) is 26.0 Å². The Morgan fingerprint density at radius 1 is 1.00 bits per heavy atom. The predicted molar refractivity (Wildman–Crippen MR) is 121 cm³/mol. The number of nitrogens with two attached hydrogens (primary N) is 1. The van der Waals surface area contributed by atoms with Gasteiger partial charge in [0.1, 0.15) is 0 Å². The van der Waals surface area contributed by atoms with Crippen LogP contribution in [0.15, 0.2) is 53.2 Å². The molecule has 8 heteroatoms. The van der Waals surface area contributed by atoms with Crippen molar-refractivity contribution in [2.75, 3.05) is 5.73 Å². The molecule has 0 fully saturated rings. The highest BCUT2D eigenvalue weighted by molar-refractivity contribution is 5.69. The Bertz CT molecular complexity index is 1300. The molecule has 160 valence electrons. The highest BCUT2D eigenvalue weighted by atomic mass is 16.4. The average Bonchev–Trinajstić information content (AvgIpc) is 3.29. The van der Waals surface area contributed by atoms with Crippen molar-refractivity contribution in [1.82, 2.24) is 25.1 Å². The minimum absolute atomic E-state index is 0.186. The Balaban J connectivity index is 1.69. The summed E-state index contributed by atoms with van der Waals surface area (Å²) >= 11 is 0. The molecular formula is C24H23N7O. The highest BCUT2D eigenvalue weighted by Crippen LogP contribution is 2.30. The van der Waals surface area contributed by atoms with E-state index in [-0.39, 0.29) is 11.7 Å². The molecule has 0 aliphatic heterocycles. The van der Waals surface area contributed by atoms with Crippen molar-refractivity contribution in [2.24, 2.45) is 0 Å². The fourth-order valence-corrected chi connectivity index (χ4v) is 3.13. The van der Waals surface area contributed by atoms with Crippen molar-refractivity contribution in [3.63, 3.8) is 0 Å². The molecule has 0 unspecified atom stereocenters. The molecule has 8 nitrogen and oxygen atoms in total. The topological polar surface area (TPSA) is 127 Å². The second-order valence-electron chi connectivity index (χ2n) is 8.34. The number of pyridine rings is 1. The van der Waals surface area contributed by atoms with Crippen molar-refractivity contribution >= 4 is 5.82 Å². The van der Waals surface area contributed by atoms with E-state index in [2.05, 4.69) is 45.1 Å². The van der Waals surface area contributed by atoms with Gasteiger partial charge in [0.15, 0.2) is 11.5 Å². The molecule has 0 radical (unpaired) electrons. The van der Waals surface area contributed by atoms with E-state index in [0.29, 0.717) is 28.9 Å². The average molecular weight is 425 g/mol. The van der Waals surface area contributed by atoms with Gasteiger partial charge >= 0.3 is 0 Å². The van der Waals surface area contributed by atoms with Crippen LogP contribution >= 0.6 is 0 Å². The minimum atomic E-state index is -0.730. The summed E-state index contributed by atoms with van der Waals surface area (Å²) in [6.45, 7) is 7.91. The van der Waals surface area contributed by atoms with E-state index in [1.807, 2.05) is 44.2 Å². The van der Waals surface area contributed by atoms with Gasteiger partial charge in [-0.15, -0.1) is 10.2 Å². The largest absolute Gasteiger partial charge is 0.414 e. The first-order valence-corrected chi connectivity index (χ1v) is 10.2. The lowest BCUT2D eigenvalue weighted by Crippen LogP contribution is -2.15. The lowest BCUT2D eigenvalue weighted by atomic mass is 9.90. The van der Waals surface area contributed by atoms with E-state index in [4.69, 9.17) is 10.2 Å². The van der Waals surface area contributed by atoms with Gasteiger partial charge in [0.25, 0.3) is 5.89 Å². The number of nitriles is 1. The number of benzene rings is 1. The number of hydrogen-bond acceptors (Lipinski definition) is 8. The van der Waals surface area contributed by atoms with Crippen LogP contribution in [-0.4, -0.2) is 25.1 Å². The zero-order valence-electron chi connectivity index (χ0n) is 18.4. The molecule has 1 aromatic carbocycles. The van der Waals surface area contributed by atoms with Crippen LogP contribution in [0, 0.1) is 11.3 Å². The van der Waals surface area contributed by atoms with Crippen LogP contribution in [0.2, 0.25) is 0 Å². The first-order chi connectivity index (χ1) is 15.3. The SMILES string of the molecule is CC(C)c1ccc(-c2nnc(-c3nc(-c4ccnc(C(C)(C)C#N)c4)cnc3N)o2)cc1. The molecule has 4 aromatic rings. The number of rotatable bonds is 5. The van der Waals surface area contributed by atoms with Crippen molar-refractivity contribution in [3.8, 4) is 40.4 Å². The molecule has 3 heterocycles. The van der Waals surface area contributed by atoms with Gasteiger partial charge in [-0.25, -0.2) is 9.97 Å². The van der Waals surface area contributed by atoms with E-state index in [0.717, 1.165) is 11.1 Å². The molecule has 32 heavy (non-hydrogen) atoms. The van der Waals surface area contributed by atoms with Gasteiger partial charge in [-0.05, 0) is 49.6 Å². The first kappa shape index (κ1) is 21.1. The standard InChI is InChI=1S/C24H23N7O/c1-14(2)15-5-7-16(8-6-15)22-30-31-23(32-22)20-21(26)28-12-18(29-20)17-9-10-27-19(11-17)24(3,4)13-25/h5-12,14H,1-4H3,(H2,26,28). The lowest BCUT2D eigenvalue weighted by Gasteiger charge is -2.15. The van der Waals surface area contributed by atoms with Crippen LogP contribution in [0.1, 0.15) is 44.9 Å². The maximum atomic E-state index is 9.41. The predicted octanol–water partition coefficient (Wildman–Crippen LogP) is 4.76. The Kier molecular flexibility index (Phi) is 5.41.